The van der Waals surface area contributed by atoms with Crippen molar-refractivity contribution < 1.29 is 14.3 Å². The molecule has 0 radical (unpaired) electrons. The van der Waals surface area contributed by atoms with E-state index in [1.165, 1.54) is 5.56 Å². The van der Waals surface area contributed by atoms with Gasteiger partial charge in [-0.3, -0.25) is 9.59 Å². The highest BCUT2D eigenvalue weighted by Crippen LogP contribution is 2.27. The second-order valence-electron chi connectivity index (χ2n) is 7.00. The van der Waals surface area contributed by atoms with E-state index in [0.29, 0.717) is 13.0 Å². The second-order valence-corrected chi connectivity index (χ2v) is 7.00. The molecule has 6 nitrogen and oxygen atoms in total. The number of nitrogens with zero attached hydrogens (tertiary/aromatic N) is 1. The predicted molar refractivity (Wildman–Crippen MR) is 103 cm³/mol. The summed E-state index contributed by atoms with van der Waals surface area (Å²) >= 11 is 0. The van der Waals surface area contributed by atoms with E-state index in [4.69, 9.17) is 4.74 Å². The fourth-order valence-corrected chi connectivity index (χ4v) is 3.80. The van der Waals surface area contributed by atoms with E-state index in [2.05, 4.69) is 27.7 Å². The number of rotatable bonds is 5. The summed E-state index contributed by atoms with van der Waals surface area (Å²) in [6.45, 7) is 1.35. The van der Waals surface area contributed by atoms with Crippen LogP contribution >= 0.6 is 0 Å². The van der Waals surface area contributed by atoms with E-state index >= 15 is 0 Å². The Morgan fingerprint density at radius 1 is 1.04 bits per heavy atom. The summed E-state index contributed by atoms with van der Waals surface area (Å²) in [6, 6.07) is 14.6. The molecule has 0 spiro atoms. The zero-order chi connectivity index (χ0) is 18.8. The van der Waals surface area contributed by atoms with Gasteiger partial charge in [0.1, 0.15) is 17.8 Å². The van der Waals surface area contributed by atoms with Gasteiger partial charge >= 0.3 is 0 Å². The molecule has 2 aromatic carbocycles. The molecule has 2 aliphatic heterocycles. The molecule has 6 heteroatoms. The van der Waals surface area contributed by atoms with Crippen molar-refractivity contribution >= 4 is 17.5 Å². The molecule has 2 N–H and O–H groups in total. The van der Waals surface area contributed by atoms with Crippen molar-refractivity contribution in [3.05, 3.63) is 59.7 Å². The first-order chi connectivity index (χ1) is 13.1. The molecule has 0 saturated carbocycles. The highest BCUT2D eigenvalue weighted by molar-refractivity contribution is 5.97. The third kappa shape index (κ3) is 3.60. The number of amides is 2. The fourth-order valence-electron chi connectivity index (χ4n) is 3.80. The number of hydrogen-bond donors (Lipinski definition) is 2. The van der Waals surface area contributed by atoms with Gasteiger partial charge in [-0.1, -0.05) is 30.3 Å². The molecule has 2 unspecified atom stereocenters. The fraction of sp³-hybridized carbons (Fsp3) is 0.333. The summed E-state index contributed by atoms with van der Waals surface area (Å²) in [5, 5.41) is 5.78. The summed E-state index contributed by atoms with van der Waals surface area (Å²) in [6.07, 6.45) is 1.41. The van der Waals surface area contributed by atoms with E-state index in [9.17, 15) is 9.59 Å². The Morgan fingerprint density at radius 2 is 1.81 bits per heavy atom. The van der Waals surface area contributed by atoms with Gasteiger partial charge in [-0.25, -0.2) is 0 Å². The lowest BCUT2D eigenvalue weighted by Crippen LogP contribution is -2.64. The number of hydrogen-bond acceptors (Lipinski definition) is 4. The Bertz CT molecular complexity index is 867. The maximum Gasteiger partial charge on any atom is 0.245 e. The minimum atomic E-state index is -0.563. The molecular weight excluding hydrogens is 342 g/mol. The van der Waals surface area contributed by atoms with Gasteiger partial charge in [-0.15, -0.1) is 0 Å². The number of benzene rings is 2. The molecule has 2 heterocycles. The van der Waals surface area contributed by atoms with Crippen molar-refractivity contribution in [3.63, 3.8) is 0 Å². The summed E-state index contributed by atoms with van der Waals surface area (Å²) in [7, 11) is 1.61. The number of nitrogens with one attached hydrogen (secondary N) is 2. The third-order valence-electron chi connectivity index (χ3n) is 5.23. The highest BCUT2D eigenvalue weighted by Gasteiger charge is 2.35. The van der Waals surface area contributed by atoms with Gasteiger partial charge < -0.3 is 20.3 Å². The highest BCUT2D eigenvalue weighted by atomic mass is 16.5. The van der Waals surface area contributed by atoms with Gasteiger partial charge in [-0.05, 0) is 35.7 Å². The molecule has 2 aromatic rings. The van der Waals surface area contributed by atoms with Crippen LogP contribution in [0.3, 0.4) is 0 Å². The Kier molecular flexibility index (Phi) is 4.71. The van der Waals surface area contributed by atoms with Crippen LogP contribution in [-0.2, 0) is 22.4 Å². The van der Waals surface area contributed by atoms with E-state index < -0.39 is 12.1 Å². The number of methoxy groups -OCH3 is 1. The van der Waals surface area contributed by atoms with Crippen molar-refractivity contribution in [3.8, 4) is 5.75 Å². The first-order valence-electron chi connectivity index (χ1n) is 9.20. The van der Waals surface area contributed by atoms with Crippen LogP contribution in [0.4, 0.5) is 5.69 Å². The van der Waals surface area contributed by atoms with Crippen LogP contribution in [0.5, 0.6) is 5.75 Å². The number of piperazine rings is 1. The van der Waals surface area contributed by atoms with Crippen LogP contribution in [0.1, 0.15) is 11.1 Å². The molecule has 0 bridgehead atoms. The zero-order valence-corrected chi connectivity index (χ0v) is 15.3. The molecule has 2 aliphatic rings. The lowest BCUT2D eigenvalue weighted by atomic mass is 10.0. The standard InChI is InChI=1S/C21H23N3O3/c1-27-16-7-4-5-14(11-16)12-17-20(25)23-18(21(26)22-17)13-24-10-9-15-6-2-3-8-19(15)24/h2-8,11,17-18H,9-10,12-13H2,1H3,(H,22,26)(H,23,25). The van der Waals surface area contributed by atoms with Crippen LogP contribution in [0.2, 0.25) is 0 Å². The van der Waals surface area contributed by atoms with Crippen molar-refractivity contribution in [2.75, 3.05) is 25.1 Å². The monoisotopic (exact) mass is 365 g/mol. The molecule has 0 aliphatic carbocycles. The Hall–Kier alpha value is -3.02. The topological polar surface area (TPSA) is 70.7 Å². The second kappa shape index (κ2) is 7.31. The maximum atomic E-state index is 12.6. The number of para-hydroxylation sites is 1. The molecule has 27 heavy (non-hydrogen) atoms. The maximum absolute atomic E-state index is 12.6. The van der Waals surface area contributed by atoms with E-state index in [1.807, 2.05) is 36.4 Å². The smallest absolute Gasteiger partial charge is 0.245 e. The van der Waals surface area contributed by atoms with E-state index in [0.717, 1.165) is 30.0 Å². The number of carbonyl (C=O) groups is 2. The minimum Gasteiger partial charge on any atom is -0.497 e. The van der Waals surface area contributed by atoms with Gasteiger partial charge in [0, 0.05) is 25.2 Å². The van der Waals surface area contributed by atoms with E-state index in [-0.39, 0.29) is 11.8 Å². The number of anilines is 1. The van der Waals surface area contributed by atoms with Crippen molar-refractivity contribution in [1.29, 1.82) is 0 Å². The van der Waals surface area contributed by atoms with Crippen LogP contribution in [-0.4, -0.2) is 44.1 Å². The van der Waals surface area contributed by atoms with Crippen LogP contribution < -0.4 is 20.3 Å². The normalized spacial score (nSPS) is 21.4. The Balaban J connectivity index is 1.40. The molecule has 0 aromatic heterocycles. The summed E-state index contributed by atoms with van der Waals surface area (Å²) in [4.78, 5) is 27.3. The lowest BCUT2D eigenvalue weighted by Gasteiger charge is -2.32. The van der Waals surface area contributed by atoms with Crippen molar-refractivity contribution in [2.24, 2.45) is 0 Å². The minimum absolute atomic E-state index is 0.133. The quantitative estimate of drug-likeness (QED) is 0.838. The summed E-state index contributed by atoms with van der Waals surface area (Å²) in [5.41, 5.74) is 3.38. The molecule has 2 amide bonds. The number of carbonyl (C=O) groups excluding carboxylic acids is 2. The summed E-state index contributed by atoms with van der Waals surface area (Å²) < 4.78 is 5.22. The van der Waals surface area contributed by atoms with Gasteiger partial charge in [0.2, 0.25) is 11.8 Å². The SMILES string of the molecule is COc1cccc(CC2NC(=O)C(CN3CCc4ccccc43)NC2=O)c1. The molecule has 4 rings (SSSR count). The van der Waals surface area contributed by atoms with Gasteiger partial charge in [0.15, 0.2) is 0 Å². The van der Waals surface area contributed by atoms with Crippen molar-refractivity contribution in [1.82, 2.24) is 10.6 Å². The predicted octanol–water partition coefficient (Wildman–Crippen LogP) is 1.28. The first-order valence-corrected chi connectivity index (χ1v) is 9.20. The molecule has 1 fully saturated rings. The van der Waals surface area contributed by atoms with Crippen LogP contribution in [0, 0.1) is 0 Å². The van der Waals surface area contributed by atoms with Crippen LogP contribution in [0.25, 0.3) is 0 Å². The first kappa shape index (κ1) is 17.4. The molecule has 2 atom stereocenters. The molecule has 140 valence electrons. The third-order valence-corrected chi connectivity index (χ3v) is 5.23. The number of fused-ring (bicyclic) bond motifs is 1. The Morgan fingerprint density at radius 3 is 2.67 bits per heavy atom. The average Bonchev–Trinajstić information content (AvgIpc) is 3.09. The van der Waals surface area contributed by atoms with Crippen LogP contribution in [0.15, 0.2) is 48.5 Å². The van der Waals surface area contributed by atoms with Gasteiger partial charge in [-0.2, -0.15) is 0 Å². The van der Waals surface area contributed by atoms with Gasteiger partial charge in [0.25, 0.3) is 0 Å². The van der Waals surface area contributed by atoms with Crippen molar-refractivity contribution in [2.45, 2.75) is 24.9 Å². The molecular formula is C21H23N3O3. The number of ether oxygens (including phenoxy) is 1. The Labute approximate surface area is 158 Å². The lowest BCUT2D eigenvalue weighted by molar-refractivity contribution is -0.136. The zero-order valence-electron chi connectivity index (χ0n) is 15.3. The molecule has 1 saturated heterocycles. The van der Waals surface area contributed by atoms with Gasteiger partial charge in [0.05, 0.1) is 7.11 Å². The average molecular weight is 365 g/mol. The largest absolute Gasteiger partial charge is 0.497 e. The summed E-state index contributed by atoms with van der Waals surface area (Å²) in [5.74, 6) is 0.461. The van der Waals surface area contributed by atoms with E-state index in [1.54, 1.807) is 7.11 Å².